The Morgan fingerprint density at radius 1 is 0.941 bits per heavy atom. The van der Waals surface area contributed by atoms with Gasteiger partial charge < -0.3 is 25.7 Å². The molecule has 3 rings (SSSR count). The van der Waals surface area contributed by atoms with E-state index in [1.54, 1.807) is 48.5 Å². The second-order valence-electron chi connectivity index (χ2n) is 8.56. The van der Waals surface area contributed by atoms with E-state index >= 15 is 0 Å². The summed E-state index contributed by atoms with van der Waals surface area (Å²) in [6.45, 7) is 3.11. The Morgan fingerprint density at radius 3 is 2.24 bits per heavy atom. The zero-order valence-electron chi connectivity index (χ0n) is 19.7. The van der Waals surface area contributed by atoms with Crippen LogP contribution < -0.4 is 11.5 Å². The molecule has 0 saturated heterocycles. The molecule has 1 fully saturated rings. The lowest BCUT2D eigenvalue weighted by atomic mass is 9.95. The molecule has 0 aliphatic heterocycles. The third kappa shape index (κ3) is 8.23. The molecule has 34 heavy (non-hydrogen) atoms. The van der Waals surface area contributed by atoms with Gasteiger partial charge in [0.25, 0.3) is 0 Å². The molecule has 2 aromatic rings. The van der Waals surface area contributed by atoms with Crippen LogP contribution in [0.4, 0.5) is 11.4 Å². The van der Waals surface area contributed by atoms with Crippen molar-refractivity contribution in [3.8, 4) is 0 Å². The SMILES string of the molecule is CCCOC1CCC(OC(=O)c2ccc(/C=C/C(=O)OCCc3cc(N)cc(N)c3)cc2)CC1. The number of rotatable bonds is 10. The van der Waals surface area contributed by atoms with Crippen LogP contribution in [0.1, 0.15) is 60.5 Å². The summed E-state index contributed by atoms with van der Waals surface area (Å²) in [6.07, 6.45) is 8.27. The number of carbonyl (C=O) groups is 2. The van der Waals surface area contributed by atoms with Gasteiger partial charge in [-0.25, -0.2) is 9.59 Å². The Labute approximate surface area is 201 Å². The minimum atomic E-state index is -0.445. The van der Waals surface area contributed by atoms with Crippen molar-refractivity contribution in [2.24, 2.45) is 0 Å². The first-order valence-corrected chi connectivity index (χ1v) is 11.9. The van der Waals surface area contributed by atoms with Crippen LogP contribution in [0.2, 0.25) is 0 Å². The van der Waals surface area contributed by atoms with Gasteiger partial charge in [0.1, 0.15) is 6.10 Å². The van der Waals surface area contributed by atoms with E-state index in [1.807, 2.05) is 0 Å². The van der Waals surface area contributed by atoms with E-state index in [0.29, 0.717) is 23.4 Å². The fraction of sp³-hybridized carbons (Fsp3) is 0.407. The predicted octanol–water partition coefficient (Wildman–Crippen LogP) is 4.54. The zero-order valence-corrected chi connectivity index (χ0v) is 19.7. The molecule has 0 atom stereocenters. The number of hydrogen-bond donors (Lipinski definition) is 2. The summed E-state index contributed by atoms with van der Waals surface area (Å²) < 4.78 is 16.7. The zero-order chi connectivity index (χ0) is 24.3. The summed E-state index contributed by atoms with van der Waals surface area (Å²) in [4.78, 5) is 24.4. The molecule has 7 nitrogen and oxygen atoms in total. The lowest BCUT2D eigenvalue weighted by molar-refractivity contribution is -0.137. The van der Waals surface area contributed by atoms with Crippen LogP contribution in [-0.4, -0.2) is 37.4 Å². The first-order valence-electron chi connectivity index (χ1n) is 11.9. The summed E-state index contributed by atoms with van der Waals surface area (Å²) >= 11 is 0. The fourth-order valence-corrected chi connectivity index (χ4v) is 3.92. The maximum Gasteiger partial charge on any atom is 0.338 e. The van der Waals surface area contributed by atoms with E-state index in [9.17, 15) is 9.59 Å². The van der Waals surface area contributed by atoms with E-state index in [2.05, 4.69) is 6.92 Å². The molecule has 1 saturated carbocycles. The van der Waals surface area contributed by atoms with Crippen molar-refractivity contribution in [3.63, 3.8) is 0 Å². The first-order chi connectivity index (χ1) is 16.4. The Morgan fingerprint density at radius 2 is 1.59 bits per heavy atom. The van der Waals surface area contributed by atoms with Gasteiger partial charge in [-0.15, -0.1) is 0 Å². The average Bonchev–Trinajstić information content (AvgIpc) is 2.82. The van der Waals surface area contributed by atoms with Crippen molar-refractivity contribution in [1.82, 2.24) is 0 Å². The summed E-state index contributed by atoms with van der Waals surface area (Å²) in [5.41, 5.74) is 14.9. The third-order valence-corrected chi connectivity index (χ3v) is 5.68. The molecule has 2 aromatic carbocycles. The maximum absolute atomic E-state index is 12.5. The van der Waals surface area contributed by atoms with Crippen molar-refractivity contribution >= 4 is 29.4 Å². The normalized spacial score (nSPS) is 18.0. The molecule has 7 heteroatoms. The Hall–Kier alpha value is -3.32. The van der Waals surface area contributed by atoms with Crippen molar-refractivity contribution in [2.75, 3.05) is 24.7 Å². The number of benzene rings is 2. The highest BCUT2D eigenvalue weighted by Crippen LogP contribution is 2.24. The maximum atomic E-state index is 12.5. The van der Waals surface area contributed by atoms with Crippen molar-refractivity contribution in [3.05, 3.63) is 65.2 Å². The van der Waals surface area contributed by atoms with Crippen molar-refractivity contribution in [2.45, 2.75) is 57.7 Å². The van der Waals surface area contributed by atoms with Gasteiger partial charge in [-0.05, 0) is 79.6 Å². The number of ether oxygens (including phenoxy) is 3. The van der Waals surface area contributed by atoms with Crippen LogP contribution in [0, 0.1) is 0 Å². The van der Waals surface area contributed by atoms with Crippen LogP contribution in [0.3, 0.4) is 0 Å². The van der Waals surface area contributed by atoms with Crippen molar-refractivity contribution < 1.29 is 23.8 Å². The average molecular weight is 467 g/mol. The second-order valence-corrected chi connectivity index (χ2v) is 8.56. The molecule has 4 N–H and O–H groups in total. The number of esters is 2. The molecule has 0 radical (unpaired) electrons. The number of hydrogen-bond acceptors (Lipinski definition) is 7. The Bertz CT molecular complexity index is 959. The lowest BCUT2D eigenvalue weighted by Crippen LogP contribution is -2.28. The highest BCUT2D eigenvalue weighted by Gasteiger charge is 2.24. The minimum absolute atomic E-state index is 0.0629. The Balaban J connectivity index is 1.40. The molecule has 0 aromatic heterocycles. The molecule has 0 unspecified atom stereocenters. The monoisotopic (exact) mass is 466 g/mol. The third-order valence-electron chi connectivity index (χ3n) is 5.68. The molecule has 1 aliphatic carbocycles. The van der Waals surface area contributed by atoms with E-state index < -0.39 is 5.97 Å². The molecular formula is C27H34N2O5. The quantitative estimate of drug-likeness (QED) is 0.300. The minimum Gasteiger partial charge on any atom is -0.462 e. The van der Waals surface area contributed by atoms with Gasteiger partial charge in [-0.2, -0.15) is 0 Å². The standard InChI is InChI=1S/C27H34N2O5/c1-2-14-32-24-8-10-25(11-9-24)34-27(31)21-6-3-19(4-7-21)5-12-26(30)33-15-13-20-16-22(28)18-23(29)17-20/h3-7,12,16-18,24-25H,2,8-11,13-15,28-29H2,1H3/b12-5+. The van der Waals surface area contributed by atoms with Gasteiger partial charge in [0.2, 0.25) is 0 Å². The Kier molecular flexibility index (Phi) is 9.52. The highest BCUT2D eigenvalue weighted by molar-refractivity contribution is 5.90. The van der Waals surface area contributed by atoms with Gasteiger partial charge >= 0.3 is 11.9 Å². The summed E-state index contributed by atoms with van der Waals surface area (Å²) in [6, 6.07) is 12.2. The fourth-order valence-electron chi connectivity index (χ4n) is 3.92. The van der Waals surface area contributed by atoms with Gasteiger partial charge in [0.05, 0.1) is 18.3 Å². The molecular weight excluding hydrogens is 432 g/mol. The molecule has 0 spiro atoms. The van der Waals surface area contributed by atoms with Gasteiger partial charge in [-0.1, -0.05) is 19.1 Å². The molecule has 0 bridgehead atoms. The summed E-state index contributed by atoms with van der Waals surface area (Å²) in [5.74, 6) is -0.770. The topological polar surface area (TPSA) is 114 Å². The lowest BCUT2D eigenvalue weighted by Gasteiger charge is -2.28. The summed E-state index contributed by atoms with van der Waals surface area (Å²) in [5, 5.41) is 0. The van der Waals surface area contributed by atoms with E-state index in [-0.39, 0.29) is 24.8 Å². The summed E-state index contributed by atoms with van der Waals surface area (Å²) in [7, 11) is 0. The number of carbonyl (C=O) groups excluding carboxylic acids is 2. The van der Waals surface area contributed by atoms with Crippen LogP contribution >= 0.6 is 0 Å². The van der Waals surface area contributed by atoms with E-state index in [1.165, 1.54) is 6.08 Å². The largest absolute Gasteiger partial charge is 0.462 e. The smallest absolute Gasteiger partial charge is 0.338 e. The van der Waals surface area contributed by atoms with E-state index in [4.69, 9.17) is 25.7 Å². The van der Waals surface area contributed by atoms with E-state index in [0.717, 1.165) is 49.8 Å². The van der Waals surface area contributed by atoms with Crippen LogP contribution in [0.15, 0.2) is 48.5 Å². The number of anilines is 2. The second kappa shape index (κ2) is 12.8. The number of nitrogen functional groups attached to an aromatic ring is 2. The highest BCUT2D eigenvalue weighted by atomic mass is 16.5. The molecule has 1 aliphatic rings. The predicted molar refractivity (Wildman–Crippen MR) is 133 cm³/mol. The molecule has 0 amide bonds. The van der Waals surface area contributed by atoms with Gasteiger partial charge in [0, 0.05) is 30.5 Å². The molecule has 0 heterocycles. The van der Waals surface area contributed by atoms with Gasteiger partial charge in [0.15, 0.2) is 0 Å². The number of nitrogens with two attached hydrogens (primary N) is 2. The van der Waals surface area contributed by atoms with Crippen LogP contribution in [0.25, 0.3) is 6.08 Å². The van der Waals surface area contributed by atoms with Gasteiger partial charge in [-0.3, -0.25) is 0 Å². The first kappa shape index (κ1) is 25.3. The molecule has 182 valence electrons. The van der Waals surface area contributed by atoms with Crippen LogP contribution in [-0.2, 0) is 25.4 Å². The van der Waals surface area contributed by atoms with Crippen LogP contribution in [0.5, 0.6) is 0 Å². The van der Waals surface area contributed by atoms with Crippen molar-refractivity contribution in [1.29, 1.82) is 0 Å².